The van der Waals surface area contributed by atoms with Crippen LogP contribution >= 0.6 is 59.6 Å². The molecule has 0 saturated carbocycles. The van der Waals surface area contributed by atoms with Crippen molar-refractivity contribution in [3.05, 3.63) is 0 Å². The van der Waals surface area contributed by atoms with Crippen molar-refractivity contribution in [2.24, 2.45) is 0 Å². The van der Waals surface area contributed by atoms with Gasteiger partial charge in [0.25, 0.3) is 0 Å². The number of rotatable bonds is 0. The van der Waals surface area contributed by atoms with Crippen molar-refractivity contribution in [2.75, 3.05) is 0 Å². The molecule has 0 aromatic heterocycles. The molecule has 0 aromatic carbocycles. The van der Waals surface area contributed by atoms with Crippen LogP contribution in [0.3, 0.4) is 0 Å². The van der Waals surface area contributed by atoms with Crippen LogP contribution in [0.1, 0.15) is 0 Å². The molecule has 0 rings (SSSR count). The maximum absolute atomic E-state index is 3.40. The summed E-state index contributed by atoms with van der Waals surface area (Å²) in [6.45, 7) is 0. The van der Waals surface area contributed by atoms with E-state index in [1.54, 1.807) is 0 Å². The molecule has 4 heteroatoms. The molecule has 0 fully saturated rings. The van der Waals surface area contributed by atoms with Crippen molar-refractivity contribution in [1.29, 1.82) is 0 Å². The molecule has 0 nitrogen and oxygen atoms in total. The van der Waals surface area contributed by atoms with E-state index in [0.717, 1.165) is 0 Å². The molecule has 0 aliphatic rings. The molecule has 0 aromatic rings. The van der Waals surface area contributed by atoms with Crippen LogP contribution < -0.4 is 0 Å². The van der Waals surface area contributed by atoms with Crippen molar-refractivity contribution >= 4 is 59.6 Å². The van der Waals surface area contributed by atoms with E-state index in [-0.39, 0.29) is 0 Å². The standard InChI is InChI=1S/BrI3/c1-4(2)3. The van der Waals surface area contributed by atoms with Crippen LogP contribution in [0.5, 0.6) is 0 Å². The van der Waals surface area contributed by atoms with Crippen molar-refractivity contribution in [3.63, 3.8) is 0 Å². The topological polar surface area (TPSA) is 0 Å². The first-order chi connectivity index (χ1) is 1.73. The predicted octanol–water partition coefficient (Wildman–Crippen LogP) is 3.50. The van der Waals surface area contributed by atoms with Gasteiger partial charge in [-0.05, 0) is 0 Å². The number of halogens is 4. The Kier molecular flexibility index (Phi) is 6.41. The minimum absolute atomic E-state index is 0.511. The van der Waals surface area contributed by atoms with Crippen LogP contribution in [0.25, 0.3) is 0 Å². The van der Waals surface area contributed by atoms with Gasteiger partial charge in [0, 0.05) is 0 Å². The van der Waals surface area contributed by atoms with Crippen LogP contribution in [0, 0.1) is 0 Å². The van der Waals surface area contributed by atoms with E-state index in [0.29, 0.717) is 0 Å². The third kappa shape index (κ3) is 8.82. The Labute approximate surface area is 58.0 Å². The molecule has 0 atom stereocenters. The fraction of sp³-hybridized carbons (Fsp3) is 0. The van der Waals surface area contributed by atoms with Gasteiger partial charge in [0.05, 0.1) is 0 Å². The summed E-state index contributed by atoms with van der Waals surface area (Å²) in [4.78, 5) is 0. The average Bonchev–Trinajstić information content (AvgIpc) is 0.811. The third-order valence-corrected chi connectivity index (χ3v) is 0. The van der Waals surface area contributed by atoms with E-state index in [1.165, 1.54) is 0 Å². The van der Waals surface area contributed by atoms with Gasteiger partial charge in [-0.15, -0.1) is 0 Å². The Morgan fingerprint density at radius 1 is 1.50 bits per heavy atom. The third-order valence-electron chi connectivity index (χ3n) is 0. The average molecular weight is 461 g/mol. The van der Waals surface area contributed by atoms with Gasteiger partial charge in [-0.1, -0.05) is 0 Å². The van der Waals surface area contributed by atoms with Crippen molar-refractivity contribution in [2.45, 2.75) is 0 Å². The summed E-state index contributed by atoms with van der Waals surface area (Å²) in [7, 11) is -0.511. The zero-order chi connectivity index (χ0) is 3.58. The second-order valence-corrected chi connectivity index (χ2v) is 41.6. The molecule has 0 heterocycles. The summed E-state index contributed by atoms with van der Waals surface area (Å²) in [6.07, 6.45) is 0. The van der Waals surface area contributed by atoms with E-state index in [2.05, 4.69) is 49.9 Å². The normalized spacial score (nSPS) is 11.2. The summed E-state index contributed by atoms with van der Waals surface area (Å²) in [6, 6.07) is 0. The van der Waals surface area contributed by atoms with Gasteiger partial charge in [-0.25, -0.2) is 0 Å². The Hall–Kier alpha value is 2.67. The molecule has 0 amide bonds. The van der Waals surface area contributed by atoms with E-state index < -0.39 is 9.64 Å². The van der Waals surface area contributed by atoms with Crippen LogP contribution in [0.4, 0.5) is 0 Å². The van der Waals surface area contributed by atoms with Crippen molar-refractivity contribution in [1.82, 2.24) is 0 Å². The van der Waals surface area contributed by atoms with Crippen molar-refractivity contribution < 1.29 is 0 Å². The molecular formula is BrI3. The fourth-order valence-electron chi connectivity index (χ4n) is 0. The molecule has 28 valence electrons. The summed E-state index contributed by atoms with van der Waals surface area (Å²) in [5, 5.41) is 0. The molecule has 0 aliphatic heterocycles. The summed E-state index contributed by atoms with van der Waals surface area (Å²) >= 11 is 8.21. The quantitative estimate of drug-likeness (QED) is 0.486. The fourth-order valence-corrected chi connectivity index (χ4v) is 0. The van der Waals surface area contributed by atoms with Gasteiger partial charge in [-0.3, -0.25) is 0 Å². The molecular weight excluding hydrogens is 461 g/mol. The van der Waals surface area contributed by atoms with E-state index in [1.807, 2.05) is 0 Å². The van der Waals surface area contributed by atoms with Crippen LogP contribution in [0.2, 0.25) is 0 Å². The zero-order valence-electron chi connectivity index (χ0n) is 1.51. The molecule has 0 aliphatic carbocycles. The molecule has 4 heavy (non-hydrogen) atoms. The molecule has 0 unspecified atom stereocenters. The van der Waals surface area contributed by atoms with Crippen LogP contribution in [0.15, 0.2) is 0 Å². The van der Waals surface area contributed by atoms with Gasteiger partial charge in [0.1, 0.15) is 0 Å². The second kappa shape index (κ2) is 3.85. The molecule has 0 radical (unpaired) electrons. The van der Waals surface area contributed by atoms with Crippen molar-refractivity contribution in [3.8, 4) is 0 Å². The molecule has 0 N–H and O–H groups in total. The number of hydrogen-bond donors (Lipinski definition) is 0. The van der Waals surface area contributed by atoms with Gasteiger partial charge < -0.3 is 0 Å². The van der Waals surface area contributed by atoms with E-state index in [9.17, 15) is 0 Å². The monoisotopic (exact) mass is 460 g/mol. The van der Waals surface area contributed by atoms with Gasteiger partial charge >= 0.3 is 59.6 Å². The molecule has 0 bridgehead atoms. The van der Waals surface area contributed by atoms with E-state index in [4.69, 9.17) is 0 Å². The summed E-state index contributed by atoms with van der Waals surface area (Å²) in [5.41, 5.74) is 0. The van der Waals surface area contributed by atoms with Gasteiger partial charge in [0.15, 0.2) is 0 Å². The van der Waals surface area contributed by atoms with Gasteiger partial charge in [0.2, 0.25) is 0 Å². The molecule has 0 saturated heterocycles. The second-order valence-electron chi connectivity index (χ2n) is 0.162. The Balaban J connectivity index is 2.32. The zero-order valence-corrected chi connectivity index (χ0v) is 9.57. The Morgan fingerprint density at radius 2 is 1.50 bits per heavy atom. The Morgan fingerprint density at radius 3 is 1.50 bits per heavy atom. The van der Waals surface area contributed by atoms with Crippen LogP contribution in [-0.4, -0.2) is 0 Å². The van der Waals surface area contributed by atoms with E-state index >= 15 is 0 Å². The number of hydrogen-bond acceptors (Lipinski definition) is 0. The Bertz CT molecular complexity index is 8.00. The summed E-state index contributed by atoms with van der Waals surface area (Å²) < 4.78 is 0. The first kappa shape index (κ1) is 6.67. The first-order valence-electron chi connectivity index (χ1n) is 0.429. The maximum atomic E-state index is 3.40. The van der Waals surface area contributed by atoms with Gasteiger partial charge in [-0.2, -0.15) is 0 Å². The summed E-state index contributed by atoms with van der Waals surface area (Å²) in [5.74, 6) is 0. The predicted molar refractivity (Wildman–Crippen MR) is 51.0 cm³/mol. The first-order valence-corrected chi connectivity index (χ1v) is 17.8. The van der Waals surface area contributed by atoms with Crippen LogP contribution in [-0.2, 0) is 0 Å². The SMILES string of the molecule is BrI(I)I. The molecule has 0 spiro atoms. The minimum atomic E-state index is -0.511.